The Balaban J connectivity index is 1.57. The fraction of sp³-hybridized carbons (Fsp3) is 0.0909. The van der Waals surface area contributed by atoms with Crippen LogP contribution in [0.5, 0.6) is 0 Å². The van der Waals surface area contributed by atoms with Crippen molar-refractivity contribution >= 4 is 59.9 Å². The molecule has 2 aromatic carbocycles. The normalized spacial score (nSPS) is 17.7. The monoisotopic (exact) mass is 463 g/mol. The van der Waals surface area contributed by atoms with Gasteiger partial charge in [0.05, 0.1) is 5.57 Å². The number of aromatic nitrogens is 1. The smallest absolute Gasteiger partial charge is 0.283 e. The number of hydrogen-bond acceptors (Lipinski definition) is 6. The maximum absolute atomic E-state index is 12.7. The van der Waals surface area contributed by atoms with Crippen molar-refractivity contribution in [2.45, 2.75) is 6.54 Å². The van der Waals surface area contributed by atoms with Gasteiger partial charge in [0.25, 0.3) is 5.91 Å². The number of fused-ring (bicyclic) bond motifs is 2. The second kappa shape index (κ2) is 7.57. The minimum absolute atomic E-state index is 0.0514. The van der Waals surface area contributed by atoms with Crippen LogP contribution in [0.15, 0.2) is 76.5 Å². The van der Waals surface area contributed by atoms with E-state index in [1.54, 1.807) is 6.08 Å². The lowest BCUT2D eigenvalue weighted by Gasteiger charge is -2.19. The summed E-state index contributed by atoms with van der Waals surface area (Å²) in [5, 5.41) is 14.6. The highest BCUT2D eigenvalue weighted by Crippen LogP contribution is 2.31. The first-order valence-electron chi connectivity index (χ1n) is 9.63. The predicted octanol–water partition coefficient (Wildman–Crippen LogP) is 3.31. The zero-order chi connectivity index (χ0) is 22.5. The molecule has 1 aromatic heterocycles. The molecular weight excluding hydrogens is 446 g/mol. The summed E-state index contributed by atoms with van der Waals surface area (Å²) in [6, 6.07) is 17.9. The molecule has 8 nitrogen and oxygen atoms in total. The van der Waals surface area contributed by atoms with Crippen LogP contribution in [0, 0.1) is 5.41 Å². The van der Waals surface area contributed by atoms with Gasteiger partial charge in [-0.3, -0.25) is 10.2 Å². The van der Waals surface area contributed by atoms with Gasteiger partial charge in [0, 0.05) is 35.5 Å². The largest absolute Gasteiger partial charge is 0.342 e. The molecule has 2 aliphatic rings. The van der Waals surface area contributed by atoms with E-state index in [1.807, 2.05) is 60.8 Å². The maximum Gasteiger partial charge on any atom is 0.283 e. The SMILES string of the molecule is CS(=O)(=O)C1=NN2C(=N)/C(=C/c3cn(Cc4ccccc4)c4ccccc34)C(=O)N=C2S1. The molecule has 0 spiro atoms. The minimum Gasteiger partial charge on any atom is -0.342 e. The van der Waals surface area contributed by atoms with Gasteiger partial charge in [-0.2, -0.15) is 10.0 Å². The van der Waals surface area contributed by atoms with Gasteiger partial charge < -0.3 is 4.57 Å². The number of amidine groups is 2. The molecular formula is C22H17N5O3S2. The summed E-state index contributed by atoms with van der Waals surface area (Å²) in [7, 11) is -3.57. The van der Waals surface area contributed by atoms with E-state index >= 15 is 0 Å². The fourth-order valence-corrected chi connectivity index (χ4v) is 5.27. The number of benzene rings is 2. The van der Waals surface area contributed by atoms with Crippen LogP contribution in [-0.4, -0.2) is 45.5 Å². The average Bonchev–Trinajstić information content (AvgIpc) is 3.34. The van der Waals surface area contributed by atoms with Crippen molar-refractivity contribution in [2.75, 3.05) is 6.26 Å². The maximum atomic E-state index is 12.7. The minimum atomic E-state index is -3.57. The Bertz CT molecular complexity index is 1480. The third-order valence-electron chi connectivity index (χ3n) is 5.07. The molecule has 0 bridgehead atoms. The number of amides is 1. The van der Waals surface area contributed by atoms with Gasteiger partial charge in [0.15, 0.2) is 5.84 Å². The summed E-state index contributed by atoms with van der Waals surface area (Å²) in [6.45, 7) is 0.656. The highest BCUT2D eigenvalue weighted by atomic mass is 32.3. The Morgan fingerprint density at radius 1 is 1.09 bits per heavy atom. The Morgan fingerprint density at radius 2 is 1.81 bits per heavy atom. The van der Waals surface area contributed by atoms with E-state index in [9.17, 15) is 13.2 Å². The quantitative estimate of drug-likeness (QED) is 0.600. The molecule has 2 aliphatic heterocycles. The number of rotatable bonds is 3. The lowest BCUT2D eigenvalue weighted by Crippen LogP contribution is -2.35. The van der Waals surface area contributed by atoms with Crippen LogP contribution < -0.4 is 0 Å². The van der Waals surface area contributed by atoms with Crippen molar-refractivity contribution in [3.05, 3.63) is 77.5 Å². The van der Waals surface area contributed by atoms with Crippen LogP contribution in [0.1, 0.15) is 11.1 Å². The summed E-state index contributed by atoms with van der Waals surface area (Å²) >= 11 is 0.770. The molecule has 0 aliphatic carbocycles. The molecule has 0 radical (unpaired) electrons. The van der Waals surface area contributed by atoms with Crippen molar-refractivity contribution in [1.82, 2.24) is 9.58 Å². The predicted molar refractivity (Wildman–Crippen MR) is 127 cm³/mol. The van der Waals surface area contributed by atoms with Gasteiger partial charge in [0.2, 0.25) is 19.4 Å². The number of sulfone groups is 1. The van der Waals surface area contributed by atoms with Gasteiger partial charge in [-0.25, -0.2) is 8.42 Å². The third-order valence-corrected chi connectivity index (χ3v) is 7.65. The van der Waals surface area contributed by atoms with E-state index in [1.165, 1.54) is 0 Å². The number of nitrogens with one attached hydrogen (secondary N) is 1. The van der Waals surface area contributed by atoms with Gasteiger partial charge in [0.1, 0.15) is 0 Å². The summed E-state index contributed by atoms with van der Waals surface area (Å²) in [5.74, 6) is -0.801. The first-order valence-corrected chi connectivity index (χ1v) is 12.3. The molecule has 0 fully saturated rings. The van der Waals surface area contributed by atoms with Crippen molar-refractivity contribution in [3.8, 4) is 0 Å². The third kappa shape index (κ3) is 3.57. The molecule has 160 valence electrons. The van der Waals surface area contributed by atoms with E-state index < -0.39 is 15.7 Å². The fourth-order valence-electron chi connectivity index (χ4n) is 3.58. The molecule has 0 saturated heterocycles. The summed E-state index contributed by atoms with van der Waals surface area (Å²) in [4.78, 5) is 16.7. The van der Waals surface area contributed by atoms with Crippen LogP contribution in [0.25, 0.3) is 17.0 Å². The number of thioether (sulfide) groups is 1. The number of nitrogens with zero attached hydrogens (tertiary/aromatic N) is 4. The van der Waals surface area contributed by atoms with Crippen molar-refractivity contribution < 1.29 is 13.2 Å². The standard InChI is InChI=1S/C22H17N5O3S2/c1-32(29,30)22-25-27-19(23)17(20(28)24-21(27)31-22)11-15-13-26(12-14-7-3-2-4-8-14)18-10-6-5-9-16(15)18/h2-11,13,23H,12H2,1H3/b17-11-,23-19?. The molecule has 0 unspecified atom stereocenters. The zero-order valence-electron chi connectivity index (χ0n) is 16.9. The van der Waals surface area contributed by atoms with Crippen LogP contribution in [0.3, 0.4) is 0 Å². The van der Waals surface area contributed by atoms with Crippen molar-refractivity contribution in [1.29, 1.82) is 5.41 Å². The first kappa shape index (κ1) is 20.4. The number of hydrogen-bond donors (Lipinski definition) is 1. The van der Waals surface area contributed by atoms with Gasteiger partial charge in [-0.15, -0.1) is 5.10 Å². The summed E-state index contributed by atoms with van der Waals surface area (Å²) in [6.07, 6.45) is 4.59. The number of carbonyl (C=O) groups is 1. The van der Waals surface area contributed by atoms with Crippen LogP contribution in [-0.2, 0) is 21.2 Å². The molecule has 0 saturated carbocycles. The van der Waals surface area contributed by atoms with Crippen molar-refractivity contribution in [3.63, 3.8) is 0 Å². The first-order chi connectivity index (χ1) is 15.3. The second-order valence-electron chi connectivity index (χ2n) is 7.37. The molecule has 5 rings (SSSR count). The van der Waals surface area contributed by atoms with Gasteiger partial charge in [-0.1, -0.05) is 48.5 Å². The lowest BCUT2D eigenvalue weighted by molar-refractivity contribution is -0.114. The molecule has 0 atom stereocenters. The molecule has 1 amide bonds. The zero-order valence-corrected chi connectivity index (χ0v) is 18.5. The Kier molecular flexibility index (Phi) is 4.83. The Labute approximate surface area is 188 Å². The van der Waals surface area contributed by atoms with E-state index in [-0.39, 0.29) is 21.0 Å². The lowest BCUT2D eigenvalue weighted by atomic mass is 10.1. The number of carbonyl (C=O) groups excluding carboxylic acids is 1. The van der Waals surface area contributed by atoms with Gasteiger partial charge in [-0.05, 0) is 29.5 Å². The highest BCUT2D eigenvalue weighted by Gasteiger charge is 2.38. The molecule has 3 aromatic rings. The van der Waals surface area contributed by atoms with E-state index in [2.05, 4.69) is 14.7 Å². The number of hydrazone groups is 1. The molecule has 3 heterocycles. The highest BCUT2D eigenvalue weighted by molar-refractivity contribution is 8.42. The van der Waals surface area contributed by atoms with Crippen molar-refractivity contribution in [2.24, 2.45) is 10.1 Å². The van der Waals surface area contributed by atoms with Gasteiger partial charge >= 0.3 is 0 Å². The molecule has 32 heavy (non-hydrogen) atoms. The van der Waals surface area contributed by atoms with E-state index in [0.717, 1.165) is 45.1 Å². The van der Waals surface area contributed by atoms with E-state index in [0.29, 0.717) is 6.54 Å². The second-order valence-corrected chi connectivity index (χ2v) is 10.5. The Hall–Kier alpha value is -3.50. The number of aliphatic imine (C=N–C) groups is 1. The Morgan fingerprint density at radius 3 is 2.56 bits per heavy atom. The van der Waals surface area contributed by atoms with Crippen LogP contribution in [0.2, 0.25) is 0 Å². The van der Waals surface area contributed by atoms with Crippen LogP contribution >= 0.6 is 11.8 Å². The summed E-state index contributed by atoms with van der Waals surface area (Å²) < 4.78 is 25.6. The topological polar surface area (TPSA) is 108 Å². The van der Waals surface area contributed by atoms with E-state index in [4.69, 9.17) is 5.41 Å². The van der Waals surface area contributed by atoms with Crippen LogP contribution in [0.4, 0.5) is 0 Å². The molecule has 1 N–H and O–H groups in total. The molecule has 10 heteroatoms. The summed E-state index contributed by atoms with van der Waals surface area (Å²) in [5.41, 5.74) is 2.95. The number of para-hydroxylation sites is 1. The average molecular weight is 464 g/mol.